The minimum absolute atomic E-state index is 0.0399. The largest absolute Gasteiger partial charge is 0.486 e. The van der Waals surface area contributed by atoms with Crippen molar-refractivity contribution in [1.82, 2.24) is 4.90 Å². The van der Waals surface area contributed by atoms with E-state index in [2.05, 4.69) is 15.9 Å². The summed E-state index contributed by atoms with van der Waals surface area (Å²) >= 11 is 3.51. The average molecular weight is 414 g/mol. The number of hydrogen-bond donors (Lipinski definition) is 0. The van der Waals surface area contributed by atoms with E-state index in [-0.39, 0.29) is 11.9 Å². The van der Waals surface area contributed by atoms with E-state index in [4.69, 9.17) is 9.47 Å². The average Bonchev–Trinajstić information content (AvgIpc) is 3.17. The fourth-order valence-electron chi connectivity index (χ4n) is 3.51. The van der Waals surface area contributed by atoms with E-state index in [0.29, 0.717) is 13.2 Å². The Morgan fingerprint density at radius 1 is 1.12 bits per heavy atom. The van der Waals surface area contributed by atoms with Crippen LogP contribution < -0.4 is 9.47 Å². The quantitative estimate of drug-likeness (QED) is 0.690. The Hall–Kier alpha value is -2.27. The van der Waals surface area contributed by atoms with E-state index in [1.54, 1.807) is 6.08 Å². The first-order valence-corrected chi connectivity index (χ1v) is 9.64. The topological polar surface area (TPSA) is 38.8 Å². The van der Waals surface area contributed by atoms with Crippen molar-refractivity contribution in [3.8, 4) is 11.5 Å². The van der Waals surface area contributed by atoms with Crippen LogP contribution in [0.4, 0.5) is 0 Å². The van der Waals surface area contributed by atoms with Crippen molar-refractivity contribution in [2.75, 3.05) is 19.8 Å². The molecular weight excluding hydrogens is 394 g/mol. The van der Waals surface area contributed by atoms with Crippen LogP contribution in [0.2, 0.25) is 0 Å². The smallest absolute Gasteiger partial charge is 0.247 e. The van der Waals surface area contributed by atoms with Gasteiger partial charge in [-0.15, -0.1) is 0 Å². The monoisotopic (exact) mass is 413 g/mol. The first kappa shape index (κ1) is 17.2. The molecule has 0 bridgehead atoms. The Morgan fingerprint density at radius 3 is 2.77 bits per heavy atom. The van der Waals surface area contributed by atoms with E-state index < -0.39 is 0 Å². The first-order chi connectivity index (χ1) is 12.7. The second kappa shape index (κ2) is 7.54. The summed E-state index contributed by atoms with van der Waals surface area (Å²) in [6.07, 6.45) is 5.50. The number of likely N-dealkylation sites (tertiary alicyclic amines) is 1. The van der Waals surface area contributed by atoms with Gasteiger partial charge in [-0.2, -0.15) is 0 Å². The van der Waals surface area contributed by atoms with E-state index in [9.17, 15) is 4.79 Å². The molecule has 0 radical (unpaired) electrons. The van der Waals surface area contributed by atoms with Crippen LogP contribution in [-0.2, 0) is 4.79 Å². The van der Waals surface area contributed by atoms with Crippen molar-refractivity contribution in [3.63, 3.8) is 0 Å². The standard InChI is InChI=1S/C21H20BrNO3/c22-17-5-2-1-4-15(17)8-10-21(24)23-11-3-6-18(23)16-7-9-19-20(14-16)26-13-12-25-19/h1-2,4-5,7-10,14,18H,3,6,11-13H2/b10-8+. The molecule has 2 aromatic carbocycles. The molecule has 2 aliphatic rings. The van der Waals surface area contributed by atoms with Crippen molar-refractivity contribution < 1.29 is 14.3 Å². The van der Waals surface area contributed by atoms with Crippen LogP contribution in [0.3, 0.4) is 0 Å². The van der Waals surface area contributed by atoms with Gasteiger partial charge < -0.3 is 14.4 Å². The van der Waals surface area contributed by atoms with Crippen molar-refractivity contribution in [2.45, 2.75) is 18.9 Å². The molecule has 0 spiro atoms. The molecule has 5 heteroatoms. The number of fused-ring (bicyclic) bond motifs is 1. The molecular formula is C21H20BrNO3. The number of carbonyl (C=O) groups is 1. The molecule has 2 heterocycles. The molecule has 0 saturated carbocycles. The number of hydrogen-bond acceptors (Lipinski definition) is 3. The Labute approximate surface area is 161 Å². The molecule has 4 rings (SSSR count). The van der Waals surface area contributed by atoms with Crippen LogP contribution in [0.25, 0.3) is 6.08 Å². The van der Waals surface area contributed by atoms with Gasteiger partial charge in [0.25, 0.3) is 0 Å². The zero-order chi connectivity index (χ0) is 17.9. The van der Waals surface area contributed by atoms with Crippen LogP contribution in [0.5, 0.6) is 11.5 Å². The number of halogens is 1. The van der Waals surface area contributed by atoms with Gasteiger partial charge in [0.05, 0.1) is 6.04 Å². The van der Waals surface area contributed by atoms with Gasteiger partial charge in [-0.25, -0.2) is 0 Å². The van der Waals surface area contributed by atoms with Crippen molar-refractivity contribution >= 4 is 27.9 Å². The number of amides is 1. The molecule has 1 fully saturated rings. The fraction of sp³-hybridized carbons (Fsp3) is 0.286. The maximum atomic E-state index is 12.8. The SMILES string of the molecule is O=C(/C=C/c1ccccc1Br)N1CCCC1c1ccc2c(c1)OCCO2. The molecule has 1 saturated heterocycles. The van der Waals surface area contributed by atoms with Gasteiger partial charge in [-0.3, -0.25) is 4.79 Å². The maximum absolute atomic E-state index is 12.8. The van der Waals surface area contributed by atoms with Crippen LogP contribution in [0.1, 0.15) is 30.0 Å². The summed E-state index contributed by atoms with van der Waals surface area (Å²) in [5, 5.41) is 0. The Bertz CT molecular complexity index is 849. The van der Waals surface area contributed by atoms with Gasteiger partial charge in [-0.05, 0) is 48.2 Å². The lowest BCUT2D eigenvalue weighted by molar-refractivity contribution is -0.126. The highest BCUT2D eigenvalue weighted by Crippen LogP contribution is 2.38. The second-order valence-electron chi connectivity index (χ2n) is 6.45. The Morgan fingerprint density at radius 2 is 1.92 bits per heavy atom. The number of nitrogens with zero attached hydrogens (tertiary/aromatic N) is 1. The van der Waals surface area contributed by atoms with E-state index in [1.807, 2.05) is 53.4 Å². The van der Waals surface area contributed by atoms with E-state index in [0.717, 1.165) is 46.5 Å². The number of carbonyl (C=O) groups excluding carboxylic acids is 1. The Kier molecular flexibility index (Phi) is 4.98. The lowest BCUT2D eigenvalue weighted by Crippen LogP contribution is -2.29. The highest BCUT2D eigenvalue weighted by molar-refractivity contribution is 9.10. The van der Waals surface area contributed by atoms with Crippen molar-refractivity contribution in [2.24, 2.45) is 0 Å². The normalized spacial score (nSPS) is 19.1. The lowest BCUT2D eigenvalue weighted by Gasteiger charge is -2.26. The molecule has 2 aromatic rings. The summed E-state index contributed by atoms with van der Waals surface area (Å²) in [5.74, 6) is 1.60. The van der Waals surface area contributed by atoms with Crippen LogP contribution in [-0.4, -0.2) is 30.6 Å². The highest BCUT2D eigenvalue weighted by atomic mass is 79.9. The van der Waals surface area contributed by atoms with Crippen molar-refractivity contribution in [1.29, 1.82) is 0 Å². The molecule has 1 unspecified atom stereocenters. The minimum Gasteiger partial charge on any atom is -0.486 e. The minimum atomic E-state index is 0.0399. The summed E-state index contributed by atoms with van der Waals surface area (Å²) in [4.78, 5) is 14.7. The van der Waals surface area contributed by atoms with Gasteiger partial charge in [0.2, 0.25) is 5.91 Å². The third-order valence-corrected chi connectivity index (χ3v) is 5.52. The maximum Gasteiger partial charge on any atom is 0.247 e. The van der Waals surface area contributed by atoms with Gasteiger partial charge >= 0.3 is 0 Å². The van der Waals surface area contributed by atoms with E-state index in [1.165, 1.54) is 0 Å². The second-order valence-corrected chi connectivity index (χ2v) is 7.30. The summed E-state index contributed by atoms with van der Waals surface area (Å²) in [7, 11) is 0. The van der Waals surface area contributed by atoms with Crippen LogP contribution in [0.15, 0.2) is 53.0 Å². The van der Waals surface area contributed by atoms with E-state index >= 15 is 0 Å². The predicted molar refractivity (Wildman–Crippen MR) is 104 cm³/mol. The molecule has 1 atom stereocenters. The third-order valence-electron chi connectivity index (χ3n) is 4.80. The molecule has 2 aliphatic heterocycles. The molecule has 134 valence electrons. The molecule has 26 heavy (non-hydrogen) atoms. The zero-order valence-corrected chi connectivity index (χ0v) is 15.9. The highest BCUT2D eigenvalue weighted by Gasteiger charge is 2.29. The predicted octanol–water partition coefficient (Wildman–Crippen LogP) is 4.60. The van der Waals surface area contributed by atoms with Gasteiger partial charge in [0.1, 0.15) is 13.2 Å². The van der Waals surface area contributed by atoms with Crippen LogP contribution >= 0.6 is 15.9 Å². The number of benzene rings is 2. The number of rotatable bonds is 3. The third kappa shape index (κ3) is 3.49. The summed E-state index contributed by atoms with van der Waals surface area (Å²) in [5.41, 5.74) is 2.10. The van der Waals surface area contributed by atoms with Gasteiger partial charge in [0.15, 0.2) is 11.5 Å². The zero-order valence-electron chi connectivity index (χ0n) is 14.4. The summed E-state index contributed by atoms with van der Waals surface area (Å²) in [6, 6.07) is 14.0. The molecule has 0 N–H and O–H groups in total. The number of ether oxygens (including phenoxy) is 2. The Balaban J connectivity index is 1.53. The van der Waals surface area contributed by atoms with Crippen molar-refractivity contribution in [3.05, 3.63) is 64.1 Å². The lowest BCUT2D eigenvalue weighted by atomic mass is 10.0. The molecule has 0 aromatic heterocycles. The summed E-state index contributed by atoms with van der Waals surface area (Å²) < 4.78 is 12.3. The fourth-order valence-corrected chi connectivity index (χ4v) is 3.93. The van der Waals surface area contributed by atoms with Crippen LogP contribution in [0, 0.1) is 0 Å². The molecule has 0 aliphatic carbocycles. The summed E-state index contributed by atoms with van der Waals surface area (Å²) in [6.45, 7) is 1.93. The first-order valence-electron chi connectivity index (χ1n) is 8.85. The van der Waals surface area contributed by atoms with Gasteiger partial charge in [-0.1, -0.05) is 40.2 Å². The van der Waals surface area contributed by atoms with Gasteiger partial charge in [0, 0.05) is 17.1 Å². The molecule has 1 amide bonds. The molecule has 4 nitrogen and oxygen atoms in total.